The number of carbonyl (C=O) groups excluding carboxylic acids is 2. The number of esters is 2. The van der Waals surface area contributed by atoms with Gasteiger partial charge in [-0.3, -0.25) is 4.79 Å². The van der Waals surface area contributed by atoms with E-state index in [0.717, 1.165) is 38.5 Å². The zero-order valence-corrected chi connectivity index (χ0v) is 20.1. The zero-order chi connectivity index (χ0) is 22.4. The lowest BCUT2D eigenvalue weighted by molar-refractivity contribution is -0.163. The Labute approximate surface area is 190 Å². The molecule has 1 aliphatic heterocycles. The summed E-state index contributed by atoms with van der Waals surface area (Å²) in [6, 6.07) is 0. The third-order valence-electron chi connectivity index (χ3n) is 6.81. The molecule has 5 nitrogen and oxygen atoms in total. The summed E-state index contributed by atoms with van der Waals surface area (Å²) in [5.41, 5.74) is -1.06. The van der Waals surface area contributed by atoms with Gasteiger partial charge in [-0.1, -0.05) is 90.9 Å². The molecule has 0 bridgehead atoms. The highest BCUT2D eigenvalue weighted by Gasteiger charge is 2.71. The molecule has 0 amide bonds. The summed E-state index contributed by atoms with van der Waals surface area (Å²) in [6.45, 7) is 5.30. The number of hydrogen-bond acceptors (Lipinski definition) is 5. The van der Waals surface area contributed by atoms with Crippen LogP contribution in [-0.4, -0.2) is 36.9 Å². The van der Waals surface area contributed by atoms with Crippen molar-refractivity contribution in [2.24, 2.45) is 5.92 Å². The Balaban J connectivity index is 1.64. The van der Waals surface area contributed by atoms with E-state index in [4.69, 9.17) is 14.2 Å². The molecule has 1 saturated heterocycles. The Morgan fingerprint density at radius 2 is 1.26 bits per heavy atom. The predicted octanol–water partition coefficient (Wildman–Crippen LogP) is 6.51. The lowest BCUT2D eigenvalue weighted by Crippen LogP contribution is -2.44. The van der Waals surface area contributed by atoms with Crippen molar-refractivity contribution in [1.29, 1.82) is 0 Å². The van der Waals surface area contributed by atoms with Gasteiger partial charge in [-0.05, 0) is 32.1 Å². The van der Waals surface area contributed by atoms with E-state index in [1.54, 1.807) is 0 Å². The van der Waals surface area contributed by atoms with Gasteiger partial charge in [0.1, 0.15) is 0 Å². The molecule has 3 atom stereocenters. The Morgan fingerprint density at radius 3 is 1.84 bits per heavy atom. The van der Waals surface area contributed by atoms with E-state index >= 15 is 0 Å². The van der Waals surface area contributed by atoms with Crippen molar-refractivity contribution in [2.45, 2.75) is 135 Å². The van der Waals surface area contributed by atoms with Crippen LogP contribution in [0.15, 0.2) is 0 Å². The van der Waals surface area contributed by atoms with E-state index in [9.17, 15) is 9.59 Å². The van der Waals surface area contributed by atoms with Crippen molar-refractivity contribution in [2.75, 3.05) is 13.2 Å². The Morgan fingerprint density at radius 1 is 0.742 bits per heavy atom. The minimum Gasteiger partial charge on any atom is -0.465 e. The number of rotatable bonds is 18. The Hall–Kier alpha value is -1.10. The molecule has 0 N–H and O–H groups in total. The molecular formula is C26H46O5. The van der Waals surface area contributed by atoms with Crippen molar-refractivity contribution in [1.82, 2.24) is 0 Å². The first-order chi connectivity index (χ1) is 15.2. The molecule has 2 rings (SSSR count). The van der Waals surface area contributed by atoms with E-state index in [2.05, 4.69) is 13.8 Å². The largest absolute Gasteiger partial charge is 0.465 e. The SMILES string of the molecule is CCCCCCCCCOC(=O)C1CCCC2OC21C(=O)OCCCCCCCCC. The number of carbonyl (C=O) groups is 2. The van der Waals surface area contributed by atoms with E-state index < -0.39 is 11.5 Å². The van der Waals surface area contributed by atoms with Gasteiger partial charge in [-0.25, -0.2) is 4.79 Å². The van der Waals surface area contributed by atoms with Gasteiger partial charge in [0.05, 0.1) is 25.2 Å². The highest BCUT2D eigenvalue weighted by molar-refractivity contribution is 5.91. The van der Waals surface area contributed by atoms with Crippen LogP contribution in [0.5, 0.6) is 0 Å². The van der Waals surface area contributed by atoms with E-state index in [-0.39, 0.29) is 18.0 Å². The molecule has 2 fully saturated rings. The normalized spacial score (nSPS) is 24.5. The summed E-state index contributed by atoms with van der Waals surface area (Å²) in [7, 11) is 0. The van der Waals surface area contributed by atoms with Crippen LogP contribution in [0.3, 0.4) is 0 Å². The molecule has 3 unspecified atom stereocenters. The molecule has 0 aromatic rings. The average Bonchev–Trinajstić information content (AvgIpc) is 3.53. The van der Waals surface area contributed by atoms with Gasteiger partial charge < -0.3 is 14.2 Å². The zero-order valence-electron chi connectivity index (χ0n) is 20.1. The number of unbranched alkanes of at least 4 members (excludes halogenated alkanes) is 12. The van der Waals surface area contributed by atoms with E-state index in [1.165, 1.54) is 64.2 Å². The third kappa shape index (κ3) is 8.40. The second-order valence-corrected chi connectivity index (χ2v) is 9.43. The summed E-state index contributed by atoms with van der Waals surface area (Å²) in [5, 5.41) is 0. The Bertz CT molecular complexity index is 520. The van der Waals surface area contributed by atoms with Gasteiger partial charge in [0.2, 0.25) is 5.60 Å². The average molecular weight is 439 g/mol. The number of fused-ring (bicyclic) bond motifs is 1. The summed E-state index contributed by atoms with van der Waals surface area (Å²) in [5.74, 6) is -1.13. The van der Waals surface area contributed by atoms with Crippen molar-refractivity contribution in [3.8, 4) is 0 Å². The molecule has 5 heteroatoms. The van der Waals surface area contributed by atoms with Gasteiger partial charge in [0.25, 0.3) is 0 Å². The first kappa shape index (κ1) is 26.2. The van der Waals surface area contributed by atoms with Gasteiger partial charge in [0, 0.05) is 0 Å². The lowest BCUT2D eigenvalue weighted by Gasteiger charge is -2.25. The summed E-state index contributed by atoms with van der Waals surface area (Å²) < 4.78 is 16.9. The minimum absolute atomic E-state index is 0.168. The molecular weight excluding hydrogens is 392 g/mol. The van der Waals surface area contributed by atoms with Gasteiger partial charge in [0.15, 0.2) is 0 Å². The molecule has 1 aliphatic carbocycles. The topological polar surface area (TPSA) is 65.1 Å². The fraction of sp³-hybridized carbons (Fsp3) is 0.923. The number of hydrogen-bond donors (Lipinski definition) is 0. The highest BCUT2D eigenvalue weighted by atomic mass is 16.7. The maximum atomic E-state index is 12.8. The molecule has 0 aromatic carbocycles. The second-order valence-electron chi connectivity index (χ2n) is 9.43. The predicted molar refractivity (Wildman–Crippen MR) is 123 cm³/mol. The van der Waals surface area contributed by atoms with Crippen LogP contribution in [0.25, 0.3) is 0 Å². The molecule has 0 aromatic heterocycles. The third-order valence-corrected chi connectivity index (χ3v) is 6.81. The summed E-state index contributed by atoms with van der Waals surface area (Å²) >= 11 is 0. The molecule has 2 aliphatic rings. The fourth-order valence-electron chi connectivity index (χ4n) is 4.79. The van der Waals surface area contributed by atoms with E-state index in [0.29, 0.717) is 19.6 Å². The highest BCUT2D eigenvalue weighted by Crippen LogP contribution is 2.52. The summed E-state index contributed by atoms with van der Waals surface area (Å²) in [4.78, 5) is 25.5. The minimum atomic E-state index is -1.06. The molecule has 1 saturated carbocycles. The number of ether oxygens (including phenoxy) is 3. The van der Waals surface area contributed by atoms with Crippen molar-refractivity contribution < 1.29 is 23.8 Å². The maximum absolute atomic E-state index is 12.8. The molecule has 1 heterocycles. The van der Waals surface area contributed by atoms with Crippen LogP contribution in [0, 0.1) is 5.92 Å². The monoisotopic (exact) mass is 438 g/mol. The van der Waals surface area contributed by atoms with Crippen LogP contribution in [0.1, 0.15) is 123 Å². The maximum Gasteiger partial charge on any atom is 0.342 e. The van der Waals surface area contributed by atoms with Crippen LogP contribution in [0.4, 0.5) is 0 Å². The van der Waals surface area contributed by atoms with Crippen molar-refractivity contribution in [3.05, 3.63) is 0 Å². The second kappa shape index (κ2) is 14.9. The van der Waals surface area contributed by atoms with E-state index in [1.807, 2.05) is 0 Å². The van der Waals surface area contributed by atoms with Crippen molar-refractivity contribution >= 4 is 11.9 Å². The Kier molecular flexibility index (Phi) is 12.5. The molecule has 0 spiro atoms. The smallest absolute Gasteiger partial charge is 0.342 e. The van der Waals surface area contributed by atoms with Crippen LogP contribution < -0.4 is 0 Å². The first-order valence-corrected chi connectivity index (χ1v) is 13.2. The number of epoxide rings is 1. The molecule has 31 heavy (non-hydrogen) atoms. The first-order valence-electron chi connectivity index (χ1n) is 13.2. The van der Waals surface area contributed by atoms with Gasteiger partial charge in [-0.2, -0.15) is 0 Å². The van der Waals surface area contributed by atoms with Crippen LogP contribution in [-0.2, 0) is 23.8 Å². The quantitative estimate of drug-likeness (QED) is 0.139. The van der Waals surface area contributed by atoms with Crippen LogP contribution in [0.2, 0.25) is 0 Å². The lowest BCUT2D eigenvalue weighted by atomic mass is 9.79. The van der Waals surface area contributed by atoms with Crippen LogP contribution >= 0.6 is 0 Å². The standard InChI is InChI=1S/C26H46O5/c1-3-5-7-9-11-13-15-20-29-24(27)22-18-17-19-23-26(22,31-23)25(28)30-21-16-14-12-10-8-6-4-2/h22-23H,3-21H2,1-2H3. The summed E-state index contributed by atoms with van der Waals surface area (Å²) in [6.07, 6.45) is 18.7. The molecule has 180 valence electrons. The van der Waals surface area contributed by atoms with Crippen molar-refractivity contribution in [3.63, 3.8) is 0 Å². The van der Waals surface area contributed by atoms with Gasteiger partial charge in [-0.15, -0.1) is 0 Å². The van der Waals surface area contributed by atoms with Gasteiger partial charge >= 0.3 is 11.9 Å². The fourth-order valence-corrected chi connectivity index (χ4v) is 4.79. The molecule has 0 radical (unpaired) electrons.